The molecule has 0 amide bonds. The van der Waals surface area contributed by atoms with E-state index in [-0.39, 0.29) is 30.4 Å². The van der Waals surface area contributed by atoms with E-state index < -0.39 is 11.0 Å². The van der Waals surface area contributed by atoms with E-state index in [1.807, 2.05) is 13.8 Å². The lowest BCUT2D eigenvalue weighted by atomic mass is 9.78. The highest BCUT2D eigenvalue weighted by Gasteiger charge is 2.39. The van der Waals surface area contributed by atoms with Crippen molar-refractivity contribution in [2.45, 2.75) is 93.1 Å². The van der Waals surface area contributed by atoms with Gasteiger partial charge in [-0.05, 0) is 44.4 Å². The molecule has 154 valence electrons. The van der Waals surface area contributed by atoms with E-state index in [1.165, 1.54) is 0 Å². The second-order valence-electron chi connectivity index (χ2n) is 9.66. The van der Waals surface area contributed by atoms with Gasteiger partial charge in [-0.2, -0.15) is 0 Å². The molecule has 0 saturated carbocycles. The van der Waals surface area contributed by atoms with Gasteiger partial charge in [0.25, 0.3) is 0 Å². The first-order valence-electron chi connectivity index (χ1n) is 9.71. The van der Waals surface area contributed by atoms with Crippen molar-refractivity contribution < 1.29 is 24.2 Å². The van der Waals surface area contributed by atoms with Gasteiger partial charge in [-0.25, -0.2) is 0 Å². The molecule has 0 atom stereocenters. The van der Waals surface area contributed by atoms with E-state index in [9.17, 15) is 14.7 Å². The lowest BCUT2D eigenvalue weighted by Gasteiger charge is -2.39. The molecule has 0 radical (unpaired) electrons. The molecule has 5 heteroatoms. The van der Waals surface area contributed by atoms with Gasteiger partial charge in [0.15, 0.2) is 0 Å². The Morgan fingerprint density at radius 1 is 0.923 bits per heavy atom. The third-order valence-corrected chi connectivity index (χ3v) is 4.99. The number of ether oxygens (including phenoxy) is 2. The van der Waals surface area contributed by atoms with Gasteiger partial charge >= 0.3 is 11.9 Å². The van der Waals surface area contributed by atoms with Crippen molar-refractivity contribution in [2.75, 3.05) is 13.2 Å². The maximum atomic E-state index is 12.0. The van der Waals surface area contributed by atoms with Crippen LogP contribution in [0.3, 0.4) is 0 Å². The normalized spacial score (nSPS) is 13.0. The molecule has 0 fully saturated rings. The molecular weight excluding hydrogens is 332 g/mol. The molecule has 5 nitrogen and oxygen atoms in total. The van der Waals surface area contributed by atoms with Crippen LogP contribution < -0.4 is 0 Å². The first-order chi connectivity index (χ1) is 11.7. The van der Waals surface area contributed by atoms with E-state index in [1.54, 1.807) is 13.8 Å². The van der Waals surface area contributed by atoms with Gasteiger partial charge in [0, 0.05) is 18.3 Å². The van der Waals surface area contributed by atoms with Crippen molar-refractivity contribution in [3.05, 3.63) is 0 Å². The molecule has 0 aromatic heterocycles. The first kappa shape index (κ1) is 24.9. The fourth-order valence-corrected chi connectivity index (χ4v) is 2.71. The maximum Gasteiger partial charge on any atom is 0.306 e. The highest BCUT2D eigenvalue weighted by atomic mass is 16.6. The Morgan fingerprint density at radius 3 is 1.88 bits per heavy atom. The first-order valence-corrected chi connectivity index (χ1v) is 9.71. The minimum Gasteiger partial charge on any atom is -0.465 e. The van der Waals surface area contributed by atoms with Crippen LogP contribution in [0, 0.1) is 16.7 Å². The molecule has 0 spiro atoms. The second-order valence-corrected chi connectivity index (χ2v) is 9.66. The van der Waals surface area contributed by atoms with Gasteiger partial charge in [0.1, 0.15) is 5.60 Å². The molecule has 0 heterocycles. The van der Waals surface area contributed by atoms with E-state index in [4.69, 9.17) is 9.47 Å². The van der Waals surface area contributed by atoms with Gasteiger partial charge in [-0.1, -0.05) is 41.5 Å². The number of unbranched alkanes of at least 4 members (excludes halogenated alkanes) is 1. The maximum absolute atomic E-state index is 12.0. The van der Waals surface area contributed by atoms with Gasteiger partial charge in [0.05, 0.1) is 13.2 Å². The van der Waals surface area contributed by atoms with Crippen LogP contribution in [0.25, 0.3) is 0 Å². The fourth-order valence-electron chi connectivity index (χ4n) is 2.71. The monoisotopic (exact) mass is 372 g/mol. The summed E-state index contributed by atoms with van der Waals surface area (Å²) in [6, 6.07) is 0. The molecule has 0 aliphatic heterocycles. The molecule has 0 aliphatic carbocycles. The topological polar surface area (TPSA) is 72.8 Å². The molecule has 0 unspecified atom stereocenters. The molecule has 0 bridgehead atoms. The van der Waals surface area contributed by atoms with E-state index in [0.717, 1.165) is 6.42 Å². The fraction of sp³-hybridized carbons (Fsp3) is 0.905. The van der Waals surface area contributed by atoms with Gasteiger partial charge < -0.3 is 14.6 Å². The van der Waals surface area contributed by atoms with Crippen LogP contribution in [0.4, 0.5) is 0 Å². The quantitative estimate of drug-likeness (QED) is 0.403. The number of carbonyl (C=O) groups excluding carboxylic acids is 2. The van der Waals surface area contributed by atoms with Crippen LogP contribution in [0.1, 0.15) is 87.5 Å². The highest BCUT2D eigenvalue weighted by Crippen LogP contribution is 2.33. The van der Waals surface area contributed by atoms with Gasteiger partial charge in [-0.3, -0.25) is 9.59 Å². The van der Waals surface area contributed by atoms with Crippen molar-refractivity contribution in [3.63, 3.8) is 0 Å². The molecule has 26 heavy (non-hydrogen) atoms. The molecule has 0 saturated heterocycles. The Balaban J connectivity index is 4.09. The number of hydrogen-bond donors (Lipinski definition) is 1. The summed E-state index contributed by atoms with van der Waals surface area (Å²) < 4.78 is 10.9. The number of aliphatic hydroxyl groups excluding tert-OH is 1. The zero-order valence-electron chi connectivity index (χ0n) is 18.1. The van der Waals surface area contributed by atoms with Crippen molar-refractivity contribution >= 4 is 11.9 Å². The Bertz CT molecular complexity index is 449. The number of aliphatic hydroxyl groups is 1. The number of rotatable bonds is 12. The highest BCUT2D eigenvalue weighted by molar-refractivity contribution is 5.71. The van der Waals surface area contributed by atoms with Crippen LogP contribution in [-0.2, 0) is 19.1 Å². The predicted molar refractivity (Wildman–Crippen MR) is 104 cm³/mol. The Labute approximate surface area is 159 Å². The van der Waals surface area contributed by atoms with Gasteiger partial charge in [-0.15, -0.1) is 0 Å². The number of esters is 2. The average molecular weight is 373 g/mol. The summed E-state index contributed by atoms with van der Waals surface area (Å²) in [5.74, 6) is 0.0506. The van der Waals surface area contributed by atoms with Crippen molar-refractivity contribution in [1.29, 1.82) is 0 Å². The van der Waals surface area contributed by atoms with Crippen molar-refractivity contribution in [1.82, 2.24) is 0 Å². The van der Waals surface area contributed by atoms with Crippen molar-refractivity contribution in [2.24, 2.45) is 16.7 Å². The number of carbonyl (C=O) groups is 2. The Kier molecular flexibility index (Phi) is 9.85. The molecular formula is C21H40O5. The predicted octanol–water partition coefficient (Wildman–Crippen LogP) is 4.50. The summed E-state index contributed by atoms with van der Waals surface area (Å²) in [7, 11) is 0. The van der Waals surface area contributed by atoms with Crippen LogP contribution in [0.2, 0.25) is 0 Å². The Morgan fingerprint density at radius 2 is 1.42 bits per heavy atom. The van der Waals surface area contributed by atoms with Crippen LogP contribution in [0.5, 0.6) is 0 Å². The van der Waals surface area contributed by atoms with Crippen molar-refractivity contribution in [3.8, 4) is 0 Å². The third-order valence-electron chi connectivity index (χ3n) is 4.99. The van der Waals surface area contributed by atoms with E-state index in [0.29, 0.717) is 31.8 Å². The molecule has 0 rings (SSSR count). The van der Waals surface area contributed by atoms with Crippen LogP contribution in [-0.4, -0.2) is 35.9 Å². The lowest BCUT2D eigenvalue weighted by Crippen LogP contribution is -2.45. The standard InChI is InChI=1S/C21H40O5/c1-16(2)13-19(3,4)15-25-17(23)11-9-10-12-18(24)26-21(7,8)20(5,6)14-22/h16,22H,9-15H2,1-8H3. The summed E-state index contributed by atoms with van der Waals surface area (Å²) in [4.78, 5) is 23.9. The summed E-state index contributed by atoms with van der Waals surface area (Å²) in [6.07, 6.45) is 2.76. The minimum atomic E-state index is -0.750. The zero-order valence-corrected chi connectivity index (χ0v) is 18.1. The van der Waals surface area contributed by atoms with E-state index in [2.05, 4.69) is 27.7 Å². The second kappa shape index (κ2) is 10.3. The number of hydrogen-bond acceptors (Lipinski definition) is 5. The molecule has 0 aromatic rings. The van der Waals surface area contributed by atoms with Gasteiger partial charge in [0.2, 0.25) is 0 Å². The molecule has 0 aromatic carbocycles. The molecule has 1 N–H and O–H groups in total. The summed E-state index contributed by atoms with van der Waals surface area (Å²) in [6.45, 7) is 16.2. The largest absolute Gasteiger partial charge is 0.465 e. The van der Waals surface area contributed by atoms with Crippen LogP contribution >= 0.6 is 0 Å². The zero-order chi connectivity index (χ0) is 20.6. The summed E-state index contributed by atoms with van der Waals surface area (Å²) in [5.41, 5.74) is -1.28. The minimum absolute atomic E-state index is 0.0152. The Hall–Kier alpha value is -1.10. The summed E-state index contributed by atoms with van der Waals surface area (Å²) >= 11 is 0. The smallest absolute Gasteiger partial charge is 0.306 e. The molecule has 0 aliphatic rings. The lowest BCUT2D eigenvalue weighted by molar-refractivity contribution is -0.171. The van der Waals surface area contributed by atoms with E-state index >= 15 is 0 Å². The summed E-state index contributed by atoms with van der Waals surface area (Å²) in [5, 5.41) is 9.43. The third kappa shape index (κ3) is 9.56. The average Bonchev–Trinajstić information content (AvgIpc) is 2.47. The van der Waals surface area contributed by atoms with Crippen LogP contribution in [0.15, 0.2) is 0 Å². The SMILES string of the molecule is CC(C)CC(C)(C)COC(=O)CCCCC(=O)OC(C)(C)C(C)(C)CO.